The average molecular weight is 154 g/mol. The van der Waals surface area contributed by atoms with Gasteiger partial charge in [-0.15, -0.1) is 0 Å². The van der Waals surface area contributed by atoms with Crippen LogP contribution in [-0.2, 0) is 4.79 Å². The molecule has 3 nitrogen and oxygen atoms in total. The highest BCUT2D eigenvalue weighted by Gasteiger charge is 2.12. The van der Waals surface area contributed by atoms with Crippen molar-refractivity contribution in [2.45, 2.75) is 32.7 Å². The van der Waals surface area contributed by atoms with E-state index in [2.05, 4.69) is 0 Å². The van der Waals surface area contributed by atoms with Gasteiger partial charge in [0.25, 0.3) is 0 Å². The number of amides is 1. The zero-order valence-corrected chi connectivity index (χ0v) is 7.29. The van der Waals surface area contributed by atoms with E-state index in [0.29, 0.717) is 6.42 Å². The van der Waals surface area contributed by atoms with Crippen LogP contribution in [0.2, 0.25) is 0 Å². The first-order chi connectivity index (χ1) is 5.13. The third-order valence-corrected chi connectivity index (χ3v) is 1.63. The Morgan fingerprint density at radius 3 is 2.64 bits per heavy atom. The molecular formula is C8H14N2O. The highest BCUT2D eigenvalue weighted by molar-refractivity contribution is 5.76. The molecule has 0 bridgehead atoms. The minimum absolute atomic E-state index is 0.0431. The lowest BCUT2D eigenvalue weighted by Gasteiger charge is -2.18. The number of carbonyl (C=O) groups excluding carboxylic acids is 1. The van der Waals surface area contributed by atoms with Gasteiger partial charge in [-0.05, 0) is 13.3 Å². The Labute approximate surface area is 67.6 Å². The summed E-state index contributed by atoms with van der Waals surface area (Å²) in [5.41, 5.74) is 0. The summed E-state index contributed by atoms with van der Waals surface area (Å²) in [6.45, 7) is 3.66. The van der Waals surface area contributed by atoms with Crippen LogP contribution in [0.15, 0.2) is 0 Å². The molecule has 0 N–H and O–H groups in total. The van der Waals surface area contributed by atoms with Crippen molar-refractivity contribution in [1.29, 1.82) is 5.26 Å². The second-order valence-electron chi connectivity index (χ2n) is 2.56. The molecule has 0 rings (SSSR count). The molecule has 0 aromatic heterocycles. The minimum Gasteiger partial charge on any atom is -0.330 e. The van der Waals surface area contributed by atoms with Gasteiger partial charge in [0.2, 0.25) is 5.91 Å². The highest BCUT2D eigenvalue weighted by Crippen LogP contribution is 1.99. The molecular weight excluding hydrogens is 140 g/mol. The van der Waals surface area contributed by atoms with Crippen LogP contribution >= 0.6 is 0 Å². The Bertz CT molecular complexity index is 171. The minimum atomic E-state index is -0.311. The molecule has 11 heavy (non-hydrogen) atoms. The molecule has 0 spiro atoms. The van der Waals surface area contributed by atoms with Crippen molar-refractivity contribution in [3.8, 4) is 6.07 Å². The molecule has 0 aliphatic heterocycles. The second-order valence-corrected chi connectivity index (χ2v) is 2.56. The molecule has 1 atom stereocenters. The molecule has 0 radical (unpaired) electrons. The molecule has 1 unspecified atom stereocenters. The quantitative estimate of drug-likeness (QED) is 0.612. The first-order valence-corrected chi connectivity index (χ1v) is 3.78. The van der Waals surface area contributed by atoms with Crippen LogP contribution in [-0.4, -0.2) is 23.9 Å². The maximum absolute atomic E-state index is 11.1. The first-order valence-electron chi connectivity index (χ1n) is 3.78. The van der Waals surface area contributed by atoms with Gasteiger partial charge in [0.15, 0.2) is 0 Å². The number of rotatable bonds is 3. The topological polar surface area (TPSA) is 44.1 Å². The van der Waals surface area contributed by atoms with Crippen LogP contribution in [0.1, 0.15) is 26.7 Å². The molecule has 0 aromatic carbocycles. The number of carbonyl (C=O) groups is 1. The monoisotopic (exact) mass is 154 g/mol. The van der Waals surface area contributed by atoms with Crippen molar-refractivity contribution >= 4 is 5.91 Å². The summed E-state index contributed by atoms with van der Waals surface area (Å²) in [4.78, 5) is 12.6. The fourth-order valence-corrected chi connectivity index (χ4v) is 0.693. The van der Waals surface area contributed by atoms with E-state index in [0.717, 1.165) is 6.42 Å². The highest BCUT2D eigenvalue weighted by atomic mass is 16.2. The van der Waals surface area contributed by atoms with E-state index in [1.54, 1.807) is 14.0 Å². The van der Waals surface area contributed by atoms with Crippen LogP contribution < -0.4 is 0 Å². The molecule has 0 saturated carbocycles. The molecule has 0 saturated heterocycles. The van der Waals surface area contributed by atoms with Crippen molar-refractivity contribution in [2.24, 2.45) is 0 Å². The molecule has 0 fully saturated rings. The summed E-state index contributed by atoms with van der Waals surface area (Å²) >= 11 is 0. The smallest absolute Gasteiger partial charge is 0.223 e. The maximum atomic E-state index is 11.1. The van der Waals surface area contributed by atoms with Crippen LogP contribution in [0.5, 0.6) is 0 Å². The molecule has 0 aliphatic rings. The standard InChI is InChI=1S/C8H14N2O/c1-4-5-8(11)10(3)7(2)6-9/h7H,4-5H2,1-3H3. The van der Waals surface area contributed by atoms with Crippen molar-refractivity contribution in [3.63, 3.8) is 0 Å². The van der Waals surface area contributed by atoms with Crippen molar-refractivity contribution in [3.05, 3.63) is 0 Å². The Kier molecular flexibility index (Phi) is 4.28. The van der Waals surface area contributed by atoms with Crippen LogP contribution in [0.3, 0.4) is 0 Å². The van der Waals surface area contributed by atoms with Crippen LogP contribution in [0, 0.1) is 11.3 Å². The van der Waals surface area contributed by atoms with Crippen molar-refractivity contribution in [1.82, 2.24) is 4.90 Å². The summed E-state index contributed by atoms with van der Waals surface area (Å²) in [7, 11) is 1.66. The predicted molar refractivity (Wildman–Crippen MR) is 42.8 cm³/mol. The van der Waals surface area contributed by atoms with Gasteiger partial charge in [-0.2, -0.15) is 5.26 Å². The normalized spacial score (nSPS) is 11.8. The fraction of sp³-hybridized carbons (Fsp3) is 0.750. The Balaban J connectivity index is 3.93. The van der Waals surface area contributed by atoms with E-state index in [-0.39, 0.29) is 11.9 Å². The maximum Gasteiger partial charge on any atom is 0.223 e. The summed E-state index contributed by atoms with van der Waals surface area (Å²) in [5.74, 6) is 0.0431. The lowest BCUT2D eigenvalue weighted by Crippen LogP contribution is -2.33. The molecule has 0 aromatic rings. The van der Waals surface area contributed by atoms with E-state index >= 15 is 0 Å². The summed E-state index contributed by atoms with van der Waals surface area (Å²) < 4.78 is 0. The van der Waals surface area contributed by atoms with Crippen molar-refractivity contribution in [2.75, 3.05) is 7.05 Å². The Morgan fingerprint density at radius 2 is 2.27 bits per heavy atom. The van der Waals surface area contributed by atoms with Gasteiger partial charge in [0.05, 0.1) is 6.07 Å². The molecule has 3 heteroatoms. The number of nitriles is 1. The SMILES string of the molecule is CCCC(=O)N(C)C(C)C#N. The van der Waals surface area contributed by atoms with Gasteiger partial charge in [-0.3, -0.25) is 4.79 Å². The summed E-state index contributed by atoms with van der Waals surface area (Å²) in [6.07, 6.45) is 1.36. The molecule has 0 heterocycles. The van der Waals surface area contributed by atoms with Crippen LogP contribution in [0.25, 0.3) is 0 Å². The lowest BCUT2D eigenvalue weighted by atomic mass is 10.2. The second kappa shape index (κ2) is 4.73. The van der Waals surface area contributed by atoms with Crippen molar-refractivity contribution < 1.29 is 4.79 Å². The van der Waals surface area contributed by atoms with Gasteiger partial charge in [-0.1, -0.05) is 6.92 Å². The van der Waals surface area contributed by atoms with E-state index in [1.165, 1.54) is 4.90 Å². The third kappa shape index (κ3) is 3.03. The number of hydrogen-bond acceptors (Lipinski definition) is 2. The largest absolute Gasteiger partial charge is 0.330 e. The number of hydrogen-bond donors (Lipinski definition) is 0. The molecule has 1 amide bonds. The fourth-order valence-electron chi connectivity index (χ4n) is 0.693. The molecule has 0 aliphatic carbocycles. The predicted octanol–water partition coefficient (Wildman–Crippen LogP) is 1.16. The van der Waals surface area contributed by atoms with E-state index in [4.69, 9.17) is 5.26 Å². The summed E-state index contributed by atoms with van der Waals surface area (Å²) in [5, 5.41) is 8.48. The molecule has 62 valence electrons. The summed E-state index contributed by atoms with van der Waals surface area (Å²) in [6, 6.07) is 1.70. The van der Waals surface area contributed by atoms with Gasteiger partial charge in [-0.25, -0.2) is 0 Å². The van der Waals surface area contributed by atoms with E-state index < -0.39 is 0 Å². The number of nitrogens with zero attached hydrogens (tertiary/aromatic N) is 2. The Morgan fingerprint density at radius 1 is 1.73 bits per heavy atom. The van der Waals surface area contributed by atoms with E-state index in [1.807, 2.05) is 13.0 Å². The average Bonchev–Trinajstić information content (AvgIpc) is 2.02. The van der Waals surface area contributed by atoms with Gasteiger partial charge < -0.3 is 4.90 Å². The van der Waals surface area contributed by atoms with Gasteiger partial charge in [0.1, 0.15) is 6.04 Å². The van der Waals surface area contributed by atoms with E-state index in [9.17, 15) is 4.79 Å². The van der Waals surface area contributed by atoms with Gasteiger partial charge in [0, 0.05) is 13.5 Å². The zero-order valence-electron chi connectivity index (χ0n) is 7.29. The lowest BCUT2D eigenvalue weighted by molar-refractivity contribution is -0.130. The van der Waals surface area contributed by atoms with Gasteiger partial charge >= 0.3 is 0 Å². The zero-order chi connectivity index (χ0) is 8.85. The third-order valence-electron chi connectivity index (χ3n) is 1.63. The first kappa shape index (κ1) is 9.96. The Hall–Kier alpha value is -1.04. The van der Waals surface area contributed by atoms with Crippen LogP contribution in [0.4, 0.5) is 0 Å².